The summed E-state index contributed by atoms with van der Waals surface area (Å²) in [5.74, 6) is -0.179. The number of alkyl halides is 3. The number of rotatable bonds is 3. The Hall–Kier alpha value is -2.06. The van der Waals surface area contributed by atoms with E-state index in [4.69, 9.17) is 11.6 Å². The lowest BCUT2D eigenvalue weighted by molar-refractivity contribution is -0.137. The zero-order valence-electron chi connectivity index (χ0n) is 15.1. The van der Waals surface area contributed by atoms with Crippen LogP contribution in [0.4, 0.5) is 13.2 Å². The van der Waals surface area contributed by atoms with Crippen LogP contribution in [0.15, 0.2) is 24.3 Å². The van der Waals surface area contributed by atoms with Gasteiger partial charge in [0, 0.05) is 39.8 Å². The molecule has 0 unspecified atom stereocenters. The monoisotopic (exact) mass is 400 g/mol. The Balaban J connectivity index is 1.62. The molecule has 3 rings (SSSR count). The summed E-state index contributed by atoms with van der Waals surface area (Å²) in [4.78, 5) is 16.4. The van der Waals surface area contributed by atoms with Crippen molar-refractivity contribution in [2.45, 2.75) is 19.6 Å². The van der Waals surface area contributed by atoms with Gasteiger partial charge in [-0.05, 0) is 18.6 Å². The fraction of sp³-hybridized carbons (Fsp3) is 0.444. The smallest absolute Gasteiger partial charge is 0.335 e. The third-order valence-electron chi connectivity index (χ3n) is 4.67. The molecular formula is C18H20ClF3N4O. The van der Waals surface area contributed by atoms with Gasteiger partial charge in [-0.1, -0.05) is 29.8 Å². The lowest BCUT2D eigenvalue weighted by Crippen LogP contribution is -2.48. The first-order valence-electron chi connectivity index (χ1n) is 8.53. The molecule has 1 aromatic carbocycles. The van der Waals surface area contributed by atoms with E-state index in [1.54, 1.807) is 24.9 Å². The number of piperazine rings is 1. The van der Waals surface area contributed by atoms with Gasteiger partial charge in [-0.2, -0.15) is 18.3 Å². The maximum absolute atomic E-state index is 12.8. The van der Waals surface area contributed by atoms with Crippen LogP contribution in [0, 0.1) is 6.92 Å². The molecule has 0 atom stereocenters. The van der Waals surface area contributed by atoms with E-state index in [2.05, 4.69) is 5.10 Å². The Morgan fingerprint density at radius 1 is 1.22 bits per heavy atom. The second kappa shape index (κ2) is 7.52. The number of amides is 1. The Morgan fingerprint density at radius 2 is 1.89 bits per heavy atom. The van der Waals surface area contributed by atoms with Gasteiger partial charge in [0.15, 0.2) is 0 Å². The molecule has 1 saturated heterocycles. The van der Waals surface area contributed by atoms with Crippen LogP contribution in [0.1, 0.15) is 27.3 Å². The van der Waals surface area contributed by atoms with E-state index in [1.165, 1.54) is 16.8 Å². The molecule has 1 amide bonds. The van der Waals surface area contributed by atoms with Gasteiger partial charge in [-0.25, -0.2) is 0 Å². The third-order valence-corrected chi connectivity index (χ3v) is 5.12. The van der Waals surface area contributed by atoms with Gasteiger partial charge in [0.2, 0.25) is 0 Å². The largest absolute Gasteiger partial charge is 0.416 e. The van der Waals surface area contributed by atoms with Gasteiger partial charge >= 0.3 is 6.18 Å². The quantitative estimate of drug-likeness (QED) is 0.793. The van der Waals surface area contributed by atoms with Crippen molar-refractivity contribution in [3.63, 3.8) is 0 Å². The summed E-state index contributed by atoms with van der Waals surface area (Å²) < 4.78 is 40.0. The molecule has 0 saturated carbocycles. The highest BCUT2D eigenvalue weighted by atomic mass is 35.5. The Kier molecular flexibility index (Phi) is 5.48. The maximum atomic E-state index is 12.8. The molecule has 0 N–H and O–H groups in total. The fourth-order valence-corrected chi connectivity index (χ4v) is 3.47. The number of nitrogens with zero attached hydrogens (tertiary/aromatic N) is 4. The third kappa shape index (κ3) is 4.27. The molecule has 5 nitrogen and oxygen atoms in total. The molecule has 1 aliphatic heterocycles. The Morgan fingerprint density at radius 3 is 2.44 bits per heavy atom. The van der Waals surface area contributed by atoms with E-state index < -0.39 is 11.7 Å². The minimum absolute atomic E-state index is 0.179. The number of hydrogen-bond acceptors (Lipinski definition) is 3. The van der Waals surface area contributed by atoms with Gasteiger partial charge in [0.1, 0.15) is 5.69 Å². The predicted octanol–water partition coefficient (Wildman–Crippen LogP) is 3.36. The number of carbonyl (C=O) groups excluding carboxylic acids is 1. The van der Waals surface area contributed by atoms with Crippen molar-refractivity contribution in [2.75, 3.05) is 26.2 Å². The molecule has 0 aliphatic carbocycles. The molecule has 0 bridgehead atoms. The first-order chi connectivity index (χ1) is 12.7. The second-order valence-electron chi connectivity index (χ2n) is 6.64. The van der Waals surface area contributed by atoms with Crippen LogP contribution in [-0.2, 0) is 19.8 Å². The zero-order valence-corrected chi connectivity index (χ0v) is 15.8. The number of carbonyl (C=O) groups is 1. The highest BCUT2D eigenvalue weighted by molar-refractivity contribution is 6.34. The summed E-state index contributed by atoms with van der Waals surface area (Å²) in [6.07, 6.45) is -4.35. The van der Waals surface area contributed by atoms with Gasteiger partial charge < -0.3 is 4.90 Å². The molecule has 2 aromatic rings. The summed E-state index contributed by atoms with van der Waals surface area (Å²) in [6.45, 7) is 4.28. The Labute approximate surface area is 160 Å². The van der Waals surface area contributed by atoms with Crippen LogP contribution in [0.25, 0.3) is 0 Å². The normalized spacial score (nSPS) is 16.0. The number of aromatic nitrogens is 2. The molecule has 2 heterocycles. The highest BCUT2D eigenvalue weighted by Crippen LogP contribution is 2.30. The highest BCUT2D eigenvalue weighted by Gasteiger charge is 2.31. The van der Waals surface area contributed by atoms with E-state index >= 15 is 0 Å². The van der Waals surface area contributed by atoms with Crippen LogP contribution in [-0.4, -0.2) is 51.7 Å². The van der Waals surface area contributed by atoms with E-state index in [-0.39, 0.29) is 5.91 Å². The van der Waals surface area contributed by atoms with Crippen LogP contribution < -0.4 is 0 Å². The fourth-order valence-electron chi connectivity index (χ4n) is 3.23. The van der Waals surface area contributed by atoms with Crippen molar-refractivity contribution in [3.05, 3.63) is 51.8 Å². The van der Waals surface area contributed by atoms with Gasteiger partial charge in [-0.3, -0.25) is 14.4 Å². The molecule has 1 aromatic heterocycles. The van der Waals surface area contributed by atoms with Crippen LogP contribution in [0.2, 0.25) is 5.02 Å². The lowest BCUT2D eigenvalue weighted by atomic mass is 10.1. The molecule has 1 aliphatic rings. The minimum atomic E-state index is -4.35. The van der Waals surface area contributed by atoms with E-state index in [0.29, 0.717) is 54.7 Å². The van der Waals surface area contributed by atoms with Crippen molar-refractivity contribution in [3.8, 4) is 0 Å². The van der Waals surface area contributed by atoms with Crippen molar-refractivity contribution in [1.82, 2.24) is 19.6 Å². The molecule has 0 radical (unpaired) electrons. The summed E-state index contributed by atoms with van der Waals surface area (Å²) in [7, 11) is 1.68. The number of halogens is 4. The summed E-state index contributed by atoms with van der Waals surface area (Å²) in [6, 6.07) is 5.35. The van der Waals surface area contributed by atoms with Crippen molar-refractivity contribution in [2.24, 2.45) is 7.05 Å². The number of benzene rings is 1. The summed E-state index contributed by atoms with van der Waals surface area (Å²) >= 11 is 6.18. The first kappa shape index (κ1) is 19.7. The molecule has 146 valence electrons. The average Bonchev–Trinajstić information content (AvgIpc) is 2.87. The first-order valence-corrected chi connectivity index (χ1v) is 8.91. The van der Waals surface area contributed by atoms with E-state index in [0.717, 1.165) is 6.07 Å². The van der Waals surface area contributed by atoms with Crippen LogP contribution in [0.3, 0.4) is 0 Å². The molecule has 9 heteroatoms. The number of aryl methyl sites for hydroxylation is 2. The Bertz CT molecular complexity index is 842. The molecule has 27 heavy (non-hydrogen) atoms. The summed E-state index contributed by atoms with van der Waals surface area (Å²) in [5.41, 5.74) is 0.927. The predicted molar refractivity (Wildman–Crippen MR) is 95.6 cm³/mol. The van der Waals surface area contributed by atoms with Gasteiger partial charge in [0.25, 0.3) is 5.91 Å². The summed E-state index contributed by atoms with van der Waals surface area (Å²) in [5, 5.41) is 4.52. The van der Waals surface area contributed by atoms with Gasteiger partial charge in [0.05, 0.1) is 16.3 Å². The maximum Gasteiger partial charge on any atom is 0.416 e. The topological polar surface area (TPSA) is 41.4 Å². The SMILES string of the molecule is Cc1nn(C)c(C(=O)N2CCN(Cc3cccc(C(F)(F)F)c3)CC2)c1Cl. The molecule has 0 spiro atoms. The van der Waals surface area contributed by atoms with Crippen molar-refractivity contribution in [1.29, 1.82) is 0 Å². The number of hydrogen-bond donors (Lipinski definition) is 0. The van der Waals surface area contributed by atoms with Gasteiger partial charge in [-0.15, -0.1) is 0 Å². The second-order valence-corrected chi connectivity index (χ2v) is 7.02. The average molecular weight is 401 g/mol. The molecular weight excluding hydrogens is 381 g/mol. The minimum Gasteiger partial charge on any atom is -0.335 e. The van der Waals surface area contributed by atoms with Crippen LogP contribution >= 0.6 is 11.6 Å². The standard InChI is InChI=1S/C18H20ClF3N4O/c1-12-15(19)16(24(2)23-12)17(27)26-8-6-25(7-9-26)11-13-4-3-5-14(10-13)18(20,21)22/h3-5,10H,6-9,11H2,1-2H3. The van der Waals surface area contributed by atoms with Crippen LogP contribution in [0.5, 0.6) is 0 Å². The van der Waals surface area contributed by atoms with E-state index in [9.17, 15) is 18.0 Å². The molecule has 1 fully saturated rings. The zero-order chi connectivity index (χ0) is 19.8. The van der Waals surface area contributed by atoms with Crippen molar-refractivity contribution >= 4 is 17.5 Å². The van der Waals surface area contributed by atoms with E-state index in [1.807, 2.05) is 4.90 Å². The van der Waals surface area contributed by atoms with Crippen molar-refractivity contribution < 1.29 is 18.0 Å². The lowest BCUT2D eigenvalue weighted by Gasteiger charge is -2.34.